The van der Waals surface area contributed by atoms with E-state index >= 15 is 0 Å². The summed E-state index contributed by atoms with van der Waals surface area (Å²) in [6, 6.07) is 8.07. The lowest BCUT2D eigenvalue weighted by atomic mass is 9.77. The van der Waals surface area contributed by atoms with E-state index in [0.717, 1.165) is 44.5 Å². The smallest absolute Gasteiger partial charge is 0.231 e. The van der Waals surface area contributed by atoms with Gasteiger partial charge in [-0.05, 0) is 43.9 Å². The van der Waals surface area contributed by atoms with Crippen LogP contribution in [0.25, 0.3) is 0 Å². The Labute approximate surface area is 115 Å². The molecular weight excluding hydrogens is 236 g/mol. The van der Waals surface area contributed by atoms with Gasteiger partial charge < -0.3 is 10.6 Å². The molecule has 1 heterocycles. The van der Waals surface area contributed by atoms with Gasteiger partial charge in [0.1, 0.15) is 0 Å². The second kappa shape index (κ2) is 6.20. The molecule has 1 atom stereocenters. The van der Waals surface area contributed by atoms with Crippen LogP contribution in [0.3, 0.4) is 0 Å². The number of benzene rings is 1. The lowest BCUT2D eigenvalue weighted by Crippen LogP contribution is -2.47. The number of anilines is 1. The van der Waals surface area contributed by atoms with Crippen molar-refractivity contribution in [1.82, 2.24) is 5.32 Å². The zero-order valence-corrected chi connectivity index (χ0v) is 12.0. The number of nitrogens with one attached hydrogen (secondary N) is 2. The molecule has 0 bridgehead atoms. The van der Waals surface area contributed by atoms with Crippen molar-refractivity contribution < 1.29 is 4.79 Å². The van der Waals surface area contributed by atoms with Crippen molar-refractivity contribution in [3.63, 3.8) is 0 Å². The number of carbonyl (C=O) groups excluding carboxylic acids is 1. The number of piperidine rings is 1. The lowest BCUT2D eigenvalue weighted by Gasteiger charge is -2.35. The molecule has 3 heteroatoms. The number of carbonyl (C=O) groups is 1. The van der Waals surface area contributed by atoms with E-state index < -0.39 is 0 Å². The predicted octanol–water partition coefficient (Wildman–Crippen LogP) is 2.97. The molecule has 3 nitrogen and oxygen atoms in total. The fourth-order valence-electron chi connectivity index (χ4n) is 2.83. The molecule has 1 aliphatic rings. The predicted molar refractivity (Wildman–Crippen MR) is 79.3 cm³/mol. The summed E-state index contributed by atoms with van der Waals surface area (Å²) < 4.78 is 0. The van der Waals surface area contributed by atoms with Crippen molar-refractivity contribution in [2.75, 3.05) is 18.4 Å². The van der Waals surface area contributed by atoms with Crippen LogP contribution >= 0.6 is 0 Å². The maximum absolute atomic E-state index is 12.6. The summed E-state index contributed by atoms with van der Waals surface area (Å²) in [7, 11) is 0. The maximum atomic E-state index is 12.6. The highest BCUT2D eigenvalue weighted by molar-refractivity contribution is 5.96. The normalized spacial score (nSPS) is 23.1. The average molecular weight is 260 g/mol. The highest BCUT2D eigenvalue weighted by atomic mass is 16.2. The Kier molecular flexibility index (Phi) is 4.59. The highest BCUT2D eigenvalue weighted by Crippen LogP contribution is 2.32. The van der Waals surface area contributed by atoms with Gasteiger partial charge in [-0.25, -0.2) is 0 Å². The Balaban J connectivity index is 2.15. The Morgan fingerprint density at radius 1 is 1.37 bits per heavy atom. The third-order valence-electron chi connectivity index (χ3n) is 4.28. The first-order valence-electron chi connectivity index (χ1n) is 7.32. The van der Waals surface area contributed by atoms with Crippen LogP contribution in [0.15, 0.2) is 24.3 Å². The number of hydrogen-bond donors (Lipinski definition) is 2. The van der Waals surface area contributed by atoms with E-state index in [1.807, 2.05) is 18.2 Å². The van der Waals surface area contributed by atoms with E-state index in [1.165, 1.54) is 5.56 Å². The molecule has 104 valence electrons. The fraction of sp³-hybridized carbons (Fsp3) is 0.562. The van der Waals surface area contributed by atoms with Gasteiger partial charge in [0.15, 0.2) is 0 Å². The van der Waals surface area contributed by atoms with Gasteiger partial charge in [-0.1, -0.05) is 32.0 Å². The van der Waals surface area contributed by atoms with Crippen LogP contribution in [-0.4, -0.2) is 19.0 Å². The number of rotatable bonds is 4. The summed E-state index contributed by atoms with van der Waals surface area (Å²) in [6.07, 6.45) is 3.89. The minimum absolute atomic E-state index is 0.170. The first-order valence-corrected chi connectivity index (χ1v) is 7.32. The van der Waals surface area contributed by atoms with E-state index in [9.17, 15) is 4.79 Å². The molecule has 0 aromatic heterocycles. The maximum Gasteiger partial charge on any atom is 0.231 e. The number of para-hydroxylation sites is 1. The quantitative estimate of drug-likeness (QED) is 0.874. The molecule has 0 radical (unpaired) electrons. The zero-order chi connectivity index (χ0) is 13.7. The van der Waals surface area contributed by atoms with Crippen LogP contribution in [0.4, 0.5) is 5.69 Å². The topological polar surface area (TPSA) is 41.1 Å². The van der Waals surface area contributed by atoms with Gasteiger partial charge in [0.25, 0.3) is 0 Å². The van der Waals surface area contributed by atoms with Crippen LogP contribution in [0.2, 0.25) is 0 Å². The van der Waals surface area contributed by atoms with Crippen molar-refractivity contribution in [1.29, 1.82) is 0 Å². The van der Waals surface area contributed by atoms with Gasteiger partial charge in [0.2, 0.25) is 5.91 Å². The van der Waals surface area contributed by atoms with Crippen molar-refractivity contribution in [2.45, 2.75) is 39.5 Å². The molecule has 1 unspecified atom stereocenters. The fourth-order valence-corrected chi connectivity index (χ4v) is 2.83. The van der Waals surface area contributed by atoms with Crippen molar-refractivity contribution >= 4 is 11.6 Å². The van der Waals surface area contributed by atoms with E-state index in [4.69, 9.17) is 0 Å². The molecule has 1 aromatic rings. The third-order valence-corrected chi connectivity index (χ3v) is 4.28. The molecule has 1 aliphatic heterocycles. The molecule has 1 saturated heterocycles. The van der Waals surface area contributed by atoms with Crippen molar-refractivity contribution in [2.24, 2.45) is 5.41 Å². The highest BCUT2D eigenvalue weighted by Gasteiger charge is 2.37. The first-order chi connectivity index (χ1) is 9.22. The van der Waals surface area contributed by atoms with Crippen LogP contribution in [0.1, 0.15) is 38.7 Å². The summed E-state index contributed by atoms with van der Waals surface area (Å²) in [5.74, 6) is 0.170. The molecule has 0 saturated carbocycles. The van der Waals surface area contributed by atoms with E-state index in [-0.39, 0.29) is 11.3 Å². The third kappa shape index (κ3) is 2.98. The van der Waals surface area contributed by atoms with E-state index in [1.54, 1.807) is 0 Å². The largest absolute Gasteiger partial charge is 0.325 e. The van der Waals surface area contributed by atoms with Gasteiger partial charge in [-0.15, -0.1) is 0 Å². The molecule has 2 N–H and O–H groups in total. The van der Waals surface area contributed by atoms with Crippen molar-refractivity contribution in [3.05, 3.63) is 29.8 Å². The van der Waals surface area contributed by atoms with E-state index in [0.29, 0.717) is 0 Å². The summed E-state index contributed by atoms with van der Waals surface area (Å²) in [5.41, 5.74) is 1.93. The van der Waals surface area contributed by atoms with Crippen LogP contribution in [0, 0.1) is 5.41 Å². The van der Waals surface area contributed by atoms with Gasteiger partial charge >= 0.3 is 0 Å². The van der Waals surface area contributed by atoms with E-state index in [2.05, 4.69) is 30.5 Å². The summed E-state index contributed by atoms with van der Waals surface area (Å²) in [6.45, 7) is 6.05. The Bertz CT molecular complexity index is 436. The Morgan fingerprint density at radius 3 is 2.79 bits per heavy atom. The second-order valence-electron chi connectivity index (χ2n) is 5.38. The molecule has 0 aliphatic carbocycles. The monoisotopic (exact) mass is 260 g/mol. The Morgan fingerprint density at radius 2 is 2.16 bits per heavy atom. The summed E-state index contributed by atoms with van der Waals surface area (Å²) >= 11 is 0. The molecular formula is C16H24N2O. The summed E-state index contributed by atoms with van der Waals surface area (Å²) in [5, 5.41) is 6.51. The number of aryl methyl sites for hydroxylation is 1. The molecule has 1 fully saturated rings. The Hall–Kier alpha value is -1.35. The molecule has 1 amide bonds. The average Bonchev–Trinajstić information content (AvgIpc) is 2.48. The van der Waals surface area contributed by atoms with Crippen LogP contribution < -0.4 is 10.6 Å². The minimum Gasteiger partial charge on any atom is -0.325 e. The van der Waals surface area contributed by atoms with Gasteiger partial charge in [-0.2, -0.15) is 0 Å². The van der Waals surface area contributed by atoms with Crippen LogP contribution in [0.5, 0.6) is 0 Å². The van der Waals surface area contributed by atoms with Gasteiger partial charge in [0, 0.05) is 12.2 Å². The van der Waals surface area contributed by atoms with Gasteiger partial charge in [0.05, 0.1) is 5.41 Å². The van der Waals surface area contributed by atoms with Gasteiger partial charge in [-0.3, -0.25) is 4.79 Å². The van der Waals surface area contributed by atoms with Crippen molar-refractivity contribution in [3.8, 4) is 0 Å². The van der Waals surface area contributed by atoms with Crippen LogP contribution in [-0.2, 0) is 11.2 Å². The second-order valence-corrected chi connectivity index (χ2v) is 5.38. The number of amides is 1. The number of hydrogen-bond acceptors (Lipinski definition) is 2. The minimum atomic E-state index is -0.237. The standard InChI is InChI=1S/C16H24N2O/c1-3-13-8-5-6-9-14(13)18-15(19)16(4-2)10-7-11-17-12-16/h5-6,8-9,17H,3-4,7,10-12H2,1-2H3,(H,18,19). The molecule has 2 rings (SSSR count). The molecule has 1 aromatic carbocycles. The lowest BCUT2D eigenvalue weighted by molar-refractivity contribution is -0.126. The first kappa shape index (κ1) is 14.1. The SMILES string of the molecule is CCc1ccccc1NC(=O)C1(CC)CCCNC1. The molecule has 19 heavy (non-hydrogen) atoms. The summed E-state index contributed by atoms with van der Waals surface area (Å²) in [4.78, 5) is 12.6. The zero-order valence-electron chi connectivity index (χ0n) is 12.0. The molecule has 0 spiro atoms.